The summed E-state index contributed by atoms with van der Waals surface area (Å²) in [5.74, 6) is 1.21. The van der Waals surface area contributed by atoms with Crippen LogP contribution in [0.25, 0.3) is 10.9 Å². The molecule has 3 rings (SSSR count). The van der Waals surface area contributed by atoms with Crippen molar-refractivity contribution in [1.82, 2.24) is 9.66 Å². The van der Waals surface area contributed by atoms with Gasteiger partial charge in [-0.25, -0.2) is 4.79 Å². The number of allylic oxidation sites excluding steroid dienone is 1. The number of fused-ring (bicyclic) bond motifs is 1. The van der Waals surface area contributed by atoms with Crippen LogP contribution in [0.5, 0.6) is 11.5 Å². The van der Waals surface area contributed by atoms with E-state index in [4.69, 9.17) is 9.47 Å². The number of H-pyrrole nitrogens is 1. The van der Waals surface area contributed by atoms with E-state index in [1.54, 1.807) is 43.5 Å². The summed E-state index contributed by atoms with van der Waals surface area (Å²) in [6, 6.07) is 10.4. The fourth-order valence-electron chi connectivity index (χ4n) is 3.02. The molecule has 30 heavy (non-hydrogen) atoms. The lowest BCUT2D eigenvalue weighted by Gasteiger charge is -2.19. The summed E-state index contributed by atoms with van der Waals surface area (Å²) >= 11 is 0. The monoisotopic (exact) mass is 407 g/mol. The number of methoxy groups -OCH3 is 1. The molecule has 0 saturated carbocycles. The zero-order valence-electron chi connectivity index (χ0n) is 17.3. The van der Waals surface area contributed by atoms with Crippen molar-refractivity contribution in [3.05, 3.63) is 81.0 Å². The Morgan fingerprint density at radius 3 is 2.73 bits per heavy atom. The summed E-state index contributed by atoms with van der Waals surface area (Å²) in [7, 11) is 1.57. The Labute approximate surface area is 174 Å². The fourth-order valence-corrected chi connectivity index (χ4v) is 3.02. The molecule has 7 nitrogen and oxygen atoms in total. The molecule has 3 aromatic rings. The van der Waals surface area contributed by atoms with Gasteiger partial charge >= 0.3 is 5.69 Å². The topological polar surface area (TPSA) is 85.7 Å². The van der Waals surface area contributed by atoms with Crippen LogP contribution in [0.3, 0.4) is 0 Å². The molecule has 1 unspecified atom stereocenters. The molecule has 0 aliphatic heterocycles. The van der Waals surface area contributed by atoms with E-state index in [-0.39, 0.29) is 6.10 Å². The second kappa shape index (κ2) is 9.26. The molecule has 1 N–H and O–H groups in total. The summed E-state index contributed by atoms with van der Waals surface area (Å²) in [5, 5.41) is 4.51. The van der Waals surface area contributed by atoms with E-state index in [0.29, 0.717) is 34.4 Å². The van der Waals surface area contributed by atoms with Gasteiger partial charge in [-0.3, -0.25) is 4.79 Å². The van der Waals surface area contributed by atoms with E-state index in [2.05, 4.69) is 16.7 Å². The smallest absolute Gasteiger partial charge is 0.349 e. The largest absolute Gasteiger partial charge is 0.493 e. The number of rotatable bonds is 8. The molecule has 1 atom stereocenters. The van der Waals surface area contributed by atoms with Gasteiger partial charge in [-0.2, -0.15) is 5.10 Å². The molecule has 156 valence electrons. The van der Waals surface area contributed by atoms with Crippen LogP contribution in [0, 0.1) is 0 Å². The third-order valence-electron chi connectivity index (χ3n) is 4.74. The van der Waals surface area contributed by atoms with Crippen LogP contribution < -0.4 is 20.7 Å². The lowest BCUT2D eigenvalue weighted by atomic mass is 10.1. The normalized spacial score (nSPS) is 12.2. The molecule has 1 heterocycles. The second-order valence-electron chi connectivity index (χ2n) is 6.88. The highest BCUT2D eigenvalue weighted by Gasteiger charge is 2.15. The Balaban J connectivity index is 2.06. The molecule has 0 amide bonds. The highest BCUT2D eigenvalue weighted by Crippen LogP contribution is 2.34. The highest BCUT2D eigenvalue weighted by atomic mass is 16.5. The second-order valence-corrected chi connectivity index (χ2v) is 6.88. The summed E-state index contributed by atoms with van der Waals surface area (Å²) in [6.45, 7) is 7.84. The summed E-state index contributed by atoms with van der Waals surface area (Å²) in [4.78, 5) is 27.6. The van der Waals surface area contributed by atoms with Crippen molar-refractivity contribution in [3.63, 3.8) is 0 Å². The Kier molecular flexibility index (Phi) is 6.51. The number of nitrogens with one attached hydrogen (secondary N) is 1. The first-order chi connectivity index (χ1) is 14.5. The average molecular weight is 407 g/mol. The molecule has 7 heteroatoms. The lowest BCUT2D eigenvalue weighted by Crippen LogP contribution is -2.32. The summed E-state index contributed by atoms with van der Waals surface area (Å²) < 4.78 is 12.4. The van der Waals surface area contributed by atoms with Crippen molar-refractivity contribution in [2.24, 2.45) is 5.10 Å². The molecular formula is C23H25N3O4. The molecule has 0 spiro atoms. The molecule has 0 saturated heterocycles. The molecule has 2 aromatic carbocycles. The van der Waals surface area contributed by atoms with Crippen molar-refractivity contribution < 1.29 is 9.47 Å². The van der Waals surface area contributed by atoms with Gasteiger partial charge in [0, 0.05) is 5.56 Å². The van der Waals surface area contributed by atoms with Gasteiger partial charge in [0.2, 0.25) is 0 Å². The van der Waals surface area contributed by atoms with Crippen LogP contribution in [0.4, 0.5) is 0 Å². The predicted molar refractivity (Wildman–Crippen MR) is 119 cm³/mol. The number of benzene rings is 2. The maximum absolute atomic E-state index is 12.6. The highest BCUT2D eigenvalue weighted by molar-refractivity contribution is 5.82. The summed E-state index contributed by atoms with van der Waals surface area (Å²) in [6.07, 6.45) is 4.68. The van der Waals surface area contributed by atoms with Gasteiger partial charge in [-0.1, -0.05) is 25.1 Å². The van der Waals surface area contributed by atoms with E-state index in [1.807, 2.05) is 19.9 Å². The van der Waals surface area contributed by atoms with Crippen molar-refractivity contribution >= 4 is 17.1 Å². The zero-order valence-corrected chi connectivity index (χ0v) is 17.3. The van der Waals surface area contributed by atoms with Crippen LogP contribution in [-0.4, -0.2) is 29.1 Å². The van der Waals surface area contributed by atoms with Crippen LogP contribution >= 0.6 is 0 Å². The van der Waals surface area contributed by atoms with Crippen LogP contribution in [0.15, 0.2) is 63.7 Å². The van der Waals surface area contributed by atoms with Crippen molar-refractivity contribution in [1.29, 1.82) is 0 Å². The fraction of sp³-hybridized carbons (Fsp3) is 0.261. The Hall–Kier alpha value is -3.61. The van der Waals surface area contributed by atoms with Crippen molar-refractivity contribution in [3.8, 4) is 11.5 Å². The van der Waals surface area contributed by atoms with Crippen molar-refractivity contribution in [2.45, 2.75) is 32.8 Å². The van der Waals surface area contributed by atoms with Crippen LogP contribution in [0.1, 0.15) is 31.4 Å². The zero-order chi connectivity index (χ0) is 21.7. The van der Waals surface area contributed by atoms with Gasteiger partial charge in [0.1, 0.15) is 0 Å². The molecule has 0 fully saturated rings. The Bertz CT molecular complexity index is 1210. The standard InChI is InChI=1S/C23H25N3O4/c1-5-9-17-12-16(13-20(29-4)21(17)30-15(3)6-2)14-24-26-22(27)18-10-7-8-11-19(18)25-23(26)28/h5,7-8,10-15H,1,6,9H2,2-4H3,(H,25,28). The van der Waals surface area contributed by atoms with E-state index < -0.39 is 11.2 Å². The Morgan fingerprint density at radius 2 is 2.03 bits per heavy atom. The minimum Gasteiger partial charge on any atom is -0.493 e. The van der Waals surface area contributed by atoms with Crippen LogP contribution in [-0.2, 0) is 6.42 Å². The minimum absolute atomic E-state index is 0.0247. The average Bonchev–Trinajstić information content (AvgIpc) is 2.75. The number of aromatic nitrogens is 2. The number of hydrogen-bond acceptors (Lipinski definition) is 5. The minimum atomic E-state index is -0.607. The number of aromatic amines is 1. The molecule has 0 aliphatic carbocycles. The van der Waals surface area contributed by atoms with Gasteiger partial charge < -0.3 is 14.5 Å². The number of para-hydroxylation sites is 1. The van der Waals surface area contributed by atoms with Gasteiger partial charge in [0.15, 0.2) is 11.5 Å². The number of ether oxygens (including phenoxy) is 2. The number of nitrogens with zero attached hydrogens (tertiary/aromatic N) is 2. The molecule has 0 aliphatic rings. The third kappa shape index (κ3) is 4.35. The molecular weight excluding hydrogens is 382 g/mol. The maximum atomic E-state index is 12.6. The summed E-state index contributed by atoms with van der Waals surface area (Å²) in [5.41, 5.74) is 0.927. The van der Waals surface area contributed by atoms with Crippen molar-refractivity contribution in [2.75, 3.05) is 7.11 Å². The first kappa shape index (κ1) is 21.1. The van der Waals surface area contributed by atoms with E-state index in [0.717, 1.165) is 16.7 Å². The quantitative estimate of drug-likeness (QED) is 0.458. The third-order valence-corrected chi connectivity index (χ3v) is 4.74. The first-order valence-electron chi connectivity index (χ1n) is 9.75. The van der Waals surface area contributed by atoms with Gasteiger partial charge in [-0.15, -0.1) is 11.3 Å². The van der Waals surface area contributed by atoms with E-state index in [1.165, 1.54) is 6.21 Å². The molecule has 0 radical (unpaired) electrons. The molecule has 1 aromatic heterocycles. The van der Waals surface area contributed by atoms with E-state index >= 15 is 0 Å². The van der Waals surface area contributed by atoms with E-state index in [9.17, 15) is 9.59 Å². The maximum Gasteiger partial charge on any atom is 0.349 e. The number of hydrogen-bond donors (Lipinski definition) is 1. The van der Waals surface area contributed by atoms with Gasteiger partial charge in [0.25, 0.3) is 5.56 Å². The molecule has 0 bridgehead atoms. The Morgan fingerprint density at radius 1 is 1.27 bits per heavy atom. The predicted octanol–water partition coefficient (Wildman–Crippen LogP) is 3.49. The van der Waals surface area contributed by atoms with Crippen LogP contribution in [0.2, 0.25) is 0 Å². The first-order valence-corrected chi connectivity index (χ1v) is 9.75. The SMILES string of the molecule is C=CCc1cc(C=Nn2c(=O)[nH]c3ccccc3c2=O)cc(OC)c1OC(C)CC. The van der Waals surface area contributed by atoms with Gasteiger partial charge in [-0.05, 0) is 49.6 Å². The van der Waals surface area contributed by atoms with Gasteiger partial charge in [0.05, 0.1) is 30.3 Å². The lowest BCUT2D eigenvalue weighted by molar-refractivity contribution is 0.206.